The van der Waals surface area contributed by atoms with E-state index in [1.165, 1.54) is 0 Å². The zero-order valence-corrected chi connectivity index (χ0v) is 17.4. The van der Waals surface area contributed by atoms with Gasteiger partial charge in [0, 0.05) is 11.1 Å². The summed E-state index contributed by atoms with van der Waals surface area (Å²) in [4.78, 5) is 0. The van der Waals surface area contributed by atoms with Crippen molar-refractivity contribution < 1.29 is 9.47 Å². The normalized spacial score (nSPS) is 11.0. The highest BCUT2D eigenvalue weighted by molar-refractivity contribution is 6.09. The molecule has 4 rings (SSSR count). The molecular formula is C27H25NO2. The summed E-state index contributed by atoms with van der Waals surface area (Å²) in [6.07, 6.45) is 0.986. The Morgan fingerprint density at radius 3 is 1.80 bits per heavy atom. The molecule has 0 aromatic heterocycles. The second-order valence-electron chi connectivity index (χ2n) is 7.80. The highest BCUT2D eigenvalue weighted by Gasteiger charge is 2.19. The van der Waals surface area contributed by atoms with Crippen LogP contribution in [0.15, 0.2) is 72.8 Å². The summed E-state index contributed by atoms with van der Waals surface area (Å²) >= 11 is 0. The van der Waals surface area contributed by atoms with Gasteiger partial charge in [-0.15, -0.1) is 0 Å². The van der Waals surface area contributed by atoms with Gasteiger partial charge in [0.25, 0.3) is 0 Å². The van der Waals surface area contributed by atoms with Gasteiger partial charge in [0.1, 0.15) is 17.6 Å². The van der Waals surface area contributed by atoms with Crippen molar-refractivity contribution >= 4 is 21.5 Å². The number of nitrogens with zero attached hydrogens (tertiary/aromatic N) is 1. The van der Waals surface area contributed by atoms with E-state index >= 15 is 0 Å². The zero-order valence-electron chi connectivity index (χ0n) is 17.4. The number of benzene rings is 4. The van der Waals surface area contributed by atoms with Crippen LogP contribution >= 0.6 is 0 Å². The molecule has 0 N–H and O–H groups in total. The van der Waals surface area contributed by atoms with Crippen LogP contribution in [0.3, 0.4) is 0 Å². The molecule has 0 aliphatic carbocycles. The highest BCUT2D eigenvalue weighted by Crippen LogP contribution is 2.45. The Morgan fingerprint density at radius 1 is 0.733 bits per heavy atom. The van der Waals surface area contributed by atoms with E-state index in [0.717, 1.165) is 44.8 Å². The third-order valence-electron chi connectivity index (χ3n) is 5.28. The molecule has 0 saturated carbocycles. The van der Waals surface area contributed by atoms with Crippen molar-refractivity contribution in [1.29, 1.82) is 5.26 Å². The lowest BCUT2D eigenvalue weighted by atomic mass is 9.92. The van der Waals surface area contributed by atoms with Crippen LogP contribution in [0.25, 0.3) is 32.7 Å². The van der Waals surface area contributed by atoms with Gasteiger partial charge in [0.05, 0.1) is 6.61 Å². The molecule has 0 radical (unpaired) electrons. The molecule has 4 aromatic rings. The van der Waals surface area contributed by atoms with Crippen LogP contribution in [-0.4, -0.2) is 13.2 Å². The summed E-state index contributed by atoms with van der Waals surface area (Å²) in [5, 5.41) is 13.6. The van der Waals surface area contributed by atoms with E-state index in [0.29, 0.717) is 18.3 Å². The van der Waals surface area contributed by atoms with Crippen molar-refractivity contribution in [3.05, 3.63) is 72.8 Å². The smallest absolute Gasteiger partial charge is 0.174 e. The van der Waals surface area contributed by atoms with Crippen LogP contribution in [0.4, 0.5) is 0 Å². The Balaban J connectivity index is 1.99. The van der Waals surface area contributed by atoms with Crippen molar-refractivity contribution in [2.45, 2.75) is 20.3 Å². The molecular weight excluding hydrogens is 370 g/mol. The lowest BCUT2D eigenvalue weighted by Gasteiger charge is -2.19. The minimum absolute atomic E-state index is 0.000351. The van der Waals surface area contributed by atoms with Crippen molar-refractivity contribution in [3.8, 4) is 28.7 Å². The average Bonchev–Trinajstić information content (AvgIpc) is 2.77. The fourth-order valence-corrected chi connectivity index (χ4v) is 3.77. The molecule has 3 heteroatoms. The summed E-state index contributed by atoms with van der Waals surface area (Å²) in [6.45, 7) is 5.05. The number of rotatable bonds is 7. The van der Waals surface area contributed by atoms with Crippen LogP contribution in [0.1, 0.15) is 20.3 Å². The number of hydrogen-bond donors (Lipinski definition) is 0. The second kappa shape index (κ2) is 8.88. The molecule has 0 aliphatic heterocycles. The zero-order chi connectivity index (χ0) is 20.9. The topological polar surface area (TPSA) is 42.2 Å². The minimum atomic E-state index is -0.000351. The maximum absolute atomic E-state index is 9.10. The third kappa shape index (κ3) is 3.95. The van der Waals surface area contributed by atoms with Gasteiger partial charge in [-0.25, -0.2) is 0 Å². The van der Waals surface area contributed by atoms with E-state index in [2.05, 4.69) is 50.2 Å². The molecule has 0 bridgehead atoms. The SMILES string of the molecule is CC(C)CCOc1ccc2ccccc2c1-c1c(OCC#N)ccc2ccccc12. The van der Waals surface area contributed by atoms with E-state index in [-0.39, 0.29) is 6.61 Å². The monoisotopic (exact) mass is 395 g/mol. The predicted octanol–water partition coefficient (Wildman–Crippen LogP) is 6.99. The van der Waals surface area contributed by atoms with E-state index < -0.39 is 0 Å². The quantitative estimate of drug-likeness (QED) is 0.339. The fraction of sp³-hybridized carbons (Fsp3) is 0.222. The summed E-state index contributed by atoms with van der Waals surface area (Å²) in [7, 11) is 0. The predicted molar refractivity (Wildman–Crippen MR) is 123 cm³/mol. The summed E-state index contributed by atoms with van der Waals surface area (Å²) in [6, 6.07) is 26.8. The molecule has 0 amide bonds. The van der Waals surface area contributed by atoms with Crippen molar-refractivity contribution in [2.75, 3.05) is 13.2 Å². The fourth-order valence-electron chi connectivity index (χ4n) is 3.77. The van der Waals surface area contributed by atoms with E-state index in [4.69, 9.17) is 14.7 Å². The van der Waals surface area contributed by atoms with Gasteiger partial charge in [-0.05, 0) is 46.0 Å². The van der Waals surface area contributed by atoms with Gasteiger partial charge in [-0.3, -0.25) is 0 Å². The van der Waals surface area contributed by atoms with Crippen LogP contribution in [0, 0.1) is 17.2 Å². The van der Waals surface area contributed by atoms with Crippen LogP contribution in [0.2, 0.25) is 0 Å². The van der Waals surface area contributed by atoms with E-state index in [1.54, 1.807) is 0 Å². The summed E-state index contributed by atoms with van der Waals surface area (Å²) in [5.41, 5.74) is 1.99. The third-order valence-corrected chi connectivity index (χ3v) is 5.28. The van der Waals surface area contributed by atoms with Crippen molar-refractivity contribution in [2.24, 2.45) is 5.92 Å². The summed E-state index contributed by atoms with van der Waals surface area (Å²) < 4.78 is 12.2. The molecule has 0 atom stereocenters. The second-order valence-corrected chi connectivity index (χ2v) is 7.80. The molecule has 0 fully saturated rings. The first-order valence-corrected chi connectivity index (χ1v) is 10.4. The lowest BCUT2D eigenvalue weighted by Crippen LogP contribution is -2.03. The van der Waals surface area contributed by atoms with Crippen LogP contribution in [-0.2, 0) is 0 Å². The maximum atomic E-state index is 9.10. The van der Waals surface area contributed by atoms with Gasteiger partial charge in [0.15, 0.2) is 6.61 Å². The Kier molecular flexibility index (Phi) is 5.86. The molecule has 3 nitrogen and oxygen atoms in total. The van der Waals surface area contributed by atoms with Gasteiger partial charge in [-0.2, -0.15) is 5.26 Å². The molecule has 30 heavy (non-hydrogen) atoms. The van der Waals surface area contributed by atoms with Gasteiger partial charge < -0.3 is 9.47 Å². The number of nitriles is 1. The van der Waals surface area contributed by atoms with Crippen LogP contribution in [0.5, 0.6) is 11.5 Å². The first kappa shape index (κ1) is 19.8. The molecule has 0 saturated heterocycles. The Morgan fingerprint density at radius 2 is 1.27 bits per heavy atom. The molecule has 0 spiro atoms. The first-order chi connectivity index (χ1) is 14.7. The average molecular weight is 396 g/mol. The van der Waals surface area contributed by atoms with E-state index in [9.17, 15) is 0 Å². The molecule has 0 aliphatic rings. The molecule has 0 unspecified atom stereocenters. The van der Waals surface area contributed by atoms with Crippen LogP contribution < -0.4 is 9.47 Å². The van der Waals surface area contributed by atoms with Crippen molar-refractivity contribution in [1.82, 2.24) is 0 Å². The minimum Gasteiger partial charge on any atom is -0.493 e. The lowest BCUT2D eigenvalue weighted by molar-refractivity contribution is 0.290. The van der Waals surface area contributed by atoms with Gasteiger partial charge in [0.2, 0.25) is 0 Å². The van der Waals surface area contributed by atoms with Crippen molar-refractivity contribution in [3.63, 3.8) is 0 Å². The Labute approximate surface area is 177 Å². The van der Waals surface area contributed by atoms with E-state index in [1.807, 2.05) is 42.5 Å². The Bertz CT molecular complexity index is 1220. The Hall–Kier alpha value is -3.51. The highest BCUT2D eigenvalue weighted by atomic mass is 16.5. The number of fused-ring (bicyclic) bond motifs is 2. The molecule has 0 heterocycles. The van der Waals surface area contributed by atoms with Gasteiger partial charge >= 0.3 is 0 Å². The molecule has 150 valence electrons. The summed E-state index contributed by atoms with van der Waals surface area (Å²) in [5.74, 6) is 2.11. The maximum Gasteiger partial charge on any atom is 0.174 e. The standard InChI is InChI=1S/C27H25NO2/c1-19(2)15-17-29-24-13-11-20-7-3-5-9-22(20)26(24)27-23-10-6-4-8-21(23)12-14-25(27)30-18-16-28/h3-14,19H,15,17-18H2,1-2H3. The first-order valence-electron chi connectivity index (χ1n) is 10.4. The number of ether oxygens (including phenoxy) is 2. The number of hydrogen-bond acceptors (Lipinski definition) is 3. The van der Waals surface area contributed by atoms with Gasteiger partial charge in [-0.1, -0.05) is 74.5 Å². The molecule has 4 aromatic carbocycles. The largest absolute Gasteiger partial charge is 0.493 e.